The summed E-state index contributed by atoms with van der Waals surface area (Å²) in [6.07, 6.45) is 1.29. The Morgan fingerprint density at radius 1 is 1.31 bits per heavy atom. The van der Waals surface area contributed by atoms with Gasteiger partial charge in [0.05, 0.1) is 11.0 Å². The van der Waals surface area contributed by atoms with Crippen molar-refractivity contribution in [2.45, 2.75) is 19.8 Å². The molecule has 0 radical (unpaired) electrons. The molecule has 16 heavy (non-hydrogen) atoms. The number of rotatable bonds is 2. The summed E-state index contributed by atoms with van der Waals surface area (Å²) >= 11 is 0. The molecule has 3 nitrogen and oxygen atoms in total. The Morgan fingerprint density at radius 3 is 2.69 bits per heavy atom. The van der Waals surface area contributed by atoms with Crippen molar-refractivity contribution in [1.82, 2.24) is 9.97 Å². The normalized spacial score (nSPS) is 10.9. The van der Waals surface area contributed by atoms with E-state index in [4.69, 9.17) is 0 Å². The molecular formula is C11H10F2N2O. The van der Waals surface area contributed by atoms with Gasteiger partial charge in [0.1, 0.15) is 5.69 Å². The molecule has 0 spiro atoms. The van der Waals surface area contributed by atoms with Gasteiger partial charge in [-0.25, -0.2) is 13.8 Å². The van der Waals surface area contributed by atoms with Crippen LogP contribution in [0, 0.1) is 11.6 Å². The second kappa shape index (κ2) is 4.00. The first-order valence-electron chi connectivity index (χ1n) is 4.99. The first-order chi connectivity index (χ1) is 7.61. The third-order valence-corrected chi connectivity index (χ3v) is 2.29. The highest BCUT2D eigenvalue weighted by Crippen LogP contribution is 2.13. The van der Waals surface area contributed by atoms with Gasteiger partial charge in [-0.3, -0.25) is 4.79 Å². The molecule has 0 atom stereocenters. The first kappa shape index (κ1) is 10.7. The lowest BCUT2D eigenvalue weighted by atomic mass is 10.2. The van der Waals surface area contributed by atoms with Crippen LogP contribution in [0.25, 0.3) is 11.0 Å². The zero-order valence-corrected chi connectivity index (χ0v) is 8.68. The number of hydrogen-bond acceptors (Lipinski definition) is 2. The van der Waals surface area contributed by atoms with Crippen molar-refractivity contribution < 1.29 is 8.78 Å². The molecule has 0 amide bonds. The highest BCUT2D eigenvalue weighted by molar-refractivity contribution is 5.74. The number of aryl methyl sites for hydroxylation is 1. The van der Waals surface area contributed by atoms with Gasteiger partial charge >= 0.3 is 0 Å². The van der Waals surface area contributed by atoms with Crippen molar-refractivity contribution in [1.29, 1.82) is 0 Å². The molecule has 5 heteroatoms. The molecule has 0 saturated heterocycles. The largest absolute Gasteiger partial charge is 0.319 e. The van der Waals surface area contributed by atoms with Crippen molar-refractivity contribution in [2.75, 3.05) is 0 Å². The molecule has 0 aliphatic rings. The number of H-pyrrole nitrogens is 1. The fraction of sp³-hybridized carbons (Fsp3) is 0.273. The minimum absolute atomic E-state index is 0.212. The van der Waals surface area contributed by atoms with E-state index in [9.17, 15) is 13.6 Å². The lowest BCUT2D eigenvalue weighted by Crippen LogP contribution is -2.15. The molecule has 2 aromatic rings. The van der Waals surface area contributed by atoms with Crippen LogP contribution in [0.5, 0.6) is 0 Å². The zero-order chi connectivity index (χ0) is 11.7. The second-order valence-corrected chi connectivity index (χ2v) is 3.55. The monoisotopic (exact) mass is 224 g/mol. The molecule has 1 aromatic heterocycles. The molecule has 0 aliphatic heterocycles. The van der Waals surface area contributed by atoms with Crippen molar-refractivity contribution in [2.24, 2.45) is 0 Å². The topological polar surface area (TPSA) is 45.8 Å². The molecule has 0 unspecified atom stereocenters. The summed E-state index contributed by atoms with van der Waals surface area (Å²) in [6, 6.07) is 1.93. The lowest BCUT2D eigenvalue weighted by Gasteiger charge is -2.01. The van der Waals surface area contributed by atoms with E-state index < -0.39 is 11.6 Å². The zero-order valence-electron chi connectivity index (χ0n) is 8.68. The van der Waals surface area contributed by atoms with Crippen LogP contribution in [0.15, 0.2) is 16.9 Å². The van der Waals surface area contributed by atoms with Crippen LogP contribution in [0.3, 0.4) is 0 Å². The molecule has 2 rings (SSSR count). The molecule has 1 aromatic carbocycles. The fourth-order valence-corrected chi connectivity index (χ4v) is 1.53. The number of nitrogens with one attached hydrogen (secondary N) is 1. The quantitative estimate of drug-likeness (QED) is 0.849. The van der Waals surface area contributed by atoms with Crippen molar-refractivity contribution >= 4 is 11.0 Å². The standard InChI is InChI=1S/C11H10F2N2O/c1-2-3-8-11(16)15-10-5-7(13)6(12)4-9(10)14-8/h4-5H,2-3H2,1H3,(H,15,16). The van der Waals surface area contributed by atoms with E-state index in [1.165, 1.54) is 0 Å². The molecule has 1 N–H and O–H groups in total. The maximum atomic E-state index is 13.0. The number of nitrogens with zero attached hydrogens (tertiary/aromatic N) is 1. The number of halogens is 2. The van der Waals surface area contributed by atoms with E-state index in [0.717, 1.165) is 18.6 Å². The van der Waals surface area contributed by atoms with Gasteiger partial charge in [-0.15, -0.1) is 0 Å². The predicted molar refractivity (Wildman–Crippen MR) is 56.3 cm³/mol. The van der Waals surface area contributed by atoms with Crippen molar-refractivity contribution in [3.8, 4) is 0 Å². The van der Waals surface area contributed by atoms with E-state index in [0.29, 0.717) is 12.1 Å². The van der Waals surface area contributed by atoms with Crippen LogP contribution in [0.4, 0.5) is 8.78 Å². The molecule has 1 heterocycles. The summed E-state index contributed by atoms with van der Waals surface area (Å²) in [5.74, 6) is -1.96. The maximum Gasteiger partial charge on any atom is 0.270 e. The summed E-state index contributed by atoms with van der Waals surface area (Å²) in [4.78, 5) is 18.0. The number of benzene rings is 1. The van der Waals surface area contributed by atoms with Gasteiger partial charge in [-0.2, -0.15) is 0 Å². The molecule has 0 saturated carbocycles. The highest BCUT2D eigenvalue weighted by Gasteiger charge is 2.08. The molecule has 0 aliphatic carbocycles. The fourth-order valence-electron chi connectivity index (χ4n) is 1.53. The number of hydrogen-bond donors (Lipinski definition) is 1. The van der Waals surface area contributed by atoms with Gasteiger partial charge in [0.25, 0.3) is 5.56 Å². The Labute approximate surface area is 90.1 Å². The SMILES string of the molecule is CCCc1nc2cc(F)c(F)cc2[nH]c1=O. The Kier molecular flexibility index (Phi) is 2.68. The Balaban J connectivity index is 2.70. The van der Waals surface area contributed by atoms with Crippen molar-refractivity contribution in [3.05, 3.63) is 39.8 Å². The number of aromatic nitrogens is 2. The van der Waals surface area contributed by atoms with E-state index in [1.807, 2.05) is 6.92 Å². The number of aromatic amines is 1. The van der Waals surface area contributed by atoms with Gasteiger partial charge in [-0.1, -0.05) is 13.3 Å². The Hall–Kier alpha value is -1.78. The Morgan fingerprint density at radius 2 is 2.00 bits per heavy atom. The second-order valence-electron chi connectivity index (χ2n) is 3.55. The van der Waals surface area contributed by atoms with Gasteiger partial charge in [0, 0.05) is 12.1 Å². The summed E-state index contributed by atoms with van der Waals surface area (Å²) in [7, 11) is 0. The minimum Gasteiger partial charge on any atom is -0.319 e. The van der Waals surface area contributed by atoms with Gasteiger partial charge in [0.2, 0.25) is 0 Å². The Bertz CT molecular complexity index is 592. The van der Waals surface area contributed by atoms with Crippen LogP contribution in [-0.2, 0) is 6.42 Å². The predicted octanol–water partition coefficient (Wildman–Crippen LogP) is 2.15. The lowest BCUT2D eigenvalue weighted by molar-refractivity contribution is 0.510. The summed E-state index contributed by atoms with van der Waals surface area (Å²) in [5.41, 5.74) is 0.479. The van der Waals surface area contributed by atoms with Crippen LogP contribution in [0.1, 0.15) is 19.0 Å². The van der Waals surface area contributed by atoms with Crippen LogP contribution in [0.2, 0.25) is 0 Å². The third-order valence-electron chi connectivity index (χ3n) is 2.29. The van der Waals surface area contributed by atoms with Crippen LogP contribution < -0.4 is 5.56 Å². The van der Waals surface area contributed by atoms with E-state index >= 15 is 0 Å². The summed E-state index contributed by atoms with van der Waals surface area (Å²) in [6.45, 7) is 1.91. The van der Waals surface area contributed by atoms with Gasteiger partial charge in [0.15, 0.2) is 11.6 Å². The smallest absolute Gasteiger partial charge is 0.270 e. The average Bonchev–Trinajstić information content (AvgIpc) is 2.23. The van der Waals surface area contributed by atoms with Crippen LogP contribution in [-0.4, -0.2) is 9.97 Å². The van der Waals surface area contributed by atoms with Crippen molar-refractivity contribution in [3.63, 3.8) is 0 Å². The minimum atomic E-state index is -0.992. The molecule has 84 valence electrons. The third kappa shape index (κ3) is 1.80. The first-order valence-corrected chi connectivity index (χ1v) is 4.99. The maximum absolute atomic E-state index is 13.0. The number of fused-ring (bicyclic) bond motifs is 1. The molecule has 0 bridgehead atoms. The van der Waals surface area contributed by atoms with Gasteiger partial charge in [-0.05, 0) is 6.42 Å². The van der Waals surface area contributed by atoms with Crippen LogP contribution >= 0.6 is 0 Å². The summed E-state index contributed by atoms with van der Waals surface area (Å²) < 4.78 is 25.9. The van der Waals surface area contributed by atoms with Gasteiger partial charge < -0.3 is 4.98 Å². The van der Waals surface area contributed by atoms with E-state index in [1.54, 1.807) is 0 Å². The molecular weight excluding hydrogens is 214 g/mol. The average molecular weight is 224 g/mol. The highest BCUT2D eigenvalue weighted by atomic mass is 19.2. The summed E-state index contributed by atoms with van der Waals surface area (Å²) in [5, 5.41) is 0. The van der Waals surface area contributed by atoms with E-state index in [2.05, 4.69) is 9.97 Å². The van der Waals surface area contributed by atoms with E-state index in [-0.39, 0.29) is 16.6 Å². The molecule has 0 fully saturated rings.